The molecule has 0 fully saturated rings. The molecular weight excluding hydrogens is 383 g/mol. The Balaban J connectivity index is 1.80. The summed E-state index contributed by atoms with van der Waals surface area (Å²) >= 11 is 0. The maximum Gasteiger partial charge on any atom is 0.342 e. The van der Waals surface area contributed by atoms with Gasteiger partial charge >= 0.3 is 5.97 Å². The molecule has 0 spiro atoms. The number of ether oxygens (including phenoxy) is 4. The third kappa shape index (κ3) is 4.13. The minimum absolute atomic E-state index is 0.0946. The molecule has 1 aromatic heterocycles. The molecule has 1 heterocycles. The van der Waals surface area contributed by atoms with Crippen molar-refractivity contribution in [2.24, 2.45) is 0 Å². The highest BCUT2D eigenvalue weighted by atomic mass is 19.1. The normalized spacial score (nSPS) is 11.6. The molecule has 3 rings (SSSR count). The number of hydrogen-bond acceptors (Lipinski definition) is 8. The molecule has 0 bridgehead atoms. The van der Waals surface area contributed by atoms with Crippen LogP contribution in [0.15, 0.2) is 40.8 Å². The van der Waals surface area contributed by atoms with E-state index in [2.05, 4.69) is 10.2 Å². The van der Waals surface area contributed by atoms with Gasteiger partial charge in [0.25, 0.3) is 5.89 Å². The Morgan fingerprint density at radius 1 is 0.966 bits per heavy atom. The van der Waals surface area contributed by atoms with Crippen molar-refractivity contribution < 1.29 is 32.5 Å². The maximum atomic E-state index is 13.1. The van der Waals surface area contributed by atoms with Gasteiger partial charge in [-0.15, -0.1) is 10.2 Å². The van der Waals surface area contributed by atoms with Gasteiger partial charge in [0.15, 0.2) is 17.6 Å². The van der Waals surface area contributed by atoms with E-state index in [1.807, 2.05) is 0 Å². The molecular formula is C20H19FN2O6. The number of halogens is 1. The fourth-order valence-corrected chi connectivity index (χ4v) is 2.64. The van der Waals surface area contributed by atoms with Gasteiger partial charge in [0.05, 0.1) is 21.3 Å². The zero-order valence-electron chi connectivity index (χ0n) is 16.3. The van der Waals surface area contributed by atoms with Gasteiger partial charge in [0, 0.05) is 5.56 Å². The van der Waals surface area contributed by atoms with Crippen molar-refractivity contribution in [3.05, 3.63) is 53.7 Å². The van der Waals surface area contributed by atoms with Crippen molar-refractivity contribution in [3.8, 4) is 28.7 Å². The van der Waals surface area contributed by atoms with E-state index in [0.29, 0.717) is 11.3 Å². The number of aromatic nitrogens is 2. The molecule has 0 amide bonds. The number of esters is 1. The second-order valence-corrected chi connectivity index (χ2v) is 5.88. The number of methoxy groups -OCH3 is 3. The quantitative estimate of drug-likeness (QED) is 0.551. The number of carbonyl (C=O) groups is 1. The Morgan fingerprint density at radius 2 is 1.66 bits per heavy atom. The first-order valence-corrected chi connectivity index (χ1v) is 8.57. The van der Waals surface area contributed by atoms with Gasteiger partial charge < -0.3 is 23.4 Å². The summed E-state index contributed by atoms with van der Waals surface area (Å²) in [5.41, 5.74) is 0.695. The number of rotatable bonds is 7. The summed E-state index contributed by atoms with van der Waals surface area (Å²) in [6, 6.07) is 8.67. The molecule has 8 nitrogen and oxygen atoms in total. The Bertz CT molecular complexity index is 1000. The van der Waals surface area contributed by atoms with Gasteiger partial charge in [-0.2, -0.15) is 0 Å². The predicted molar refractivity (Wildman–Crippen MR) is 99.6 cm³/mol. The van der Waals surface area contributed by atoms with Crippen LogP contribution in [0.4, 0.5) is 4.39 Å². The van der Waals surface area contributed by atoms with Crippen molar-refractivity contribution in [1.82, 2.24) is 10.2 Å². The monoisotopic (exact) mass is 402 g/mol. The van der Waals surface area contributed by atoms with E-state index in [-0.39, 0.29) is 34.7 Å². The van der Waals surface area contributed by atoms with E-state index in [9.17, 15) is 9.18 Å². The predicted octanol–water partition coefficient (Wildman–Crippen LogP) is 3.82. The zero-order valence-corrected chi connectivity index (χ0v) is 16.3. The average Bonchev–Trinajstić information content (AvgIpc) is 3.23. The minimum atomic E-state index is -0.831. The molecule has 9 heteroatoms. The smallest absolute Gasteiger partial charge is 0.342 e. The summed E-state index contributed by atoms with van der Waals surface area (Å²) in [4.78, 5) is 12.7. The van der Waals surface area contributed by atoms with Crippen LogP contribution in [0.25, 0.3) is 11.5 Å². The van der Waals surface area contributed by atoms with Gasteiger partial charge in [0.2, 0.25) is 11.6 Å². The largest absolute Gasteiger partial charge is 0.493 e. The molecule has 29 heavy (non-hydrogen) atoms. The molecule has 0 saturated carbocycles. The molecule has 0 radical (unpaired) electrons. The average molecular weight is 402 g/mol. The Labute approximate surface area is 166 Å². The minimum Gasteiger partial charge on any atom is -0.493 e. The Hall–Kier alpha value is -3.62. The van der Waals surface area contributed by atoms with Crippen LogP contribution < -0.4 is 14.2 Å². The van der Waals surface area contributed by atoms with Gasteiger partial charge in [-0.1, -0.05) is 0 Å². The first-order valence-electron chi connectivity index (χ1n) is 8.57. The van der Waals surface area contributed by atoms with E-state index in [4.69, 9.17) is 23.4 Å². The topological polar surface area (TPSA) is 92.9 Å². The van der Waals surface area contributed by atoms with Crippen molar-refractivity contribution in [2.45, 2.75) is 13.0 Å². The fourth-order valence-electron chi connectivity index (χ4n) is 2.64. The van der Waals surface area contributed by atoms with Crippen LogP contribution in [-0.2, 0) is 4.74 Å². The summed E-state index contributed by atoms with van der Waals surface area (Å²) in [7, 11) is 4.32. The molecule has 152 valence electrons. The van der Waals surface area contributed by atoms with E-state index < -0.39 is 12.1 Å². The molecule has 0 unspecified atom stereocenters. The Kier molecular flexibility index (Phi) is 5.96. The molecule has 2 aromatic carbocycles. The zero-order chi connectivity index (χ0) is 21.0. The van der Waals surface area contributed by atoms with Crippen molar-refractivity contribution in [1.29, 1.82) is 0 Å². The van der Waals surface area contributed by atoms with Crippen LogP contribution >= 0.6 is 0 Å². The van der Waals surface area contributed by atoms with Gasteiger partial charge in [-0.05, 0) is 43.3 Å². The standard InChI is InChI=1S/C20H19FN2O6/c1-11(18-22-23-19(29-18)12-5-7-13(21)8-6-12)28-20(24)14-9-10-15(25-2)17(27-4)16(14)26-3/h5-11H,1-4H3/t11-/m1/s1. The van der Waals surface area contributed by atoms with E-state index in [1.54, 1.807) is 13.0 Å². The van der Waals surface area contributed by atoms with Gasteiger partial charge in [-0.25, -0.2) is 9.18 Å². The SMILES string of the molecule is COc1ccc(C(=O)O[C@H](C)c2nnc(-c3ccc(F)cc3)o2)c(OC)c1OC. The Morgan fingerprint density at radius 3 is 2.28 bits per heavy atom. The number of benzene rings is 2. The lowest BCUT2D eigenvalue weighted by Gasteiger charge is -2.16. The highest BCUT2D eigenvalue weighted by Gasteiger charge is 2.25. The van der Waals surface area contributed by atoms with Gasteiger partial charge in [-0.3, -0.25) is 0 Å². The lowest BCUT2D eigenvalue weighted by atomic mass is 10.1. The van der Waals surface area contributed by atoms with Crippen molar-refractivity contribution in [3.63, 3.8) is 0 Å². The van der Waals surface area contributed by atoms with Crippen LogP contribution in [0.3, 0.4) is 0 Å². The third-order valence-electron chi connectivity index (χ3n) is 4.09. The van der Waals surface area contributed by atoms with Crippen LogP contribution in [0.5, 0.6) is 17.2 Å². The second-order valence-electron chi connectivity index (χ2n) is 5.88. The van der Waals surface area contributed by atoms with Crippen molar-refractivity contribution in [2.75, 3.05) is 21.3 Å². The first kappa shape index (κ1) is 20.1. The lowest BCUT2D eigenvalue weighted by molar-refractivity contribution is 0.0275. The summed E-state index contributed by atoms with van der Waals surface area (Å²) < 4.78 is 39.8. The highest BCUT2D eigenvalue weighted by molar-refractivity contribution is 5.94. The third-order valence-corrected chi connectivity index (χ3v) is 4.09. The number of nitrogens with zero attached hydrogens (tertiary/aromatic N) is 2. The fraction of sp³-hybridized carbons (Fsp3) is 0.250. The molecule has 3 aromatic rings. The number of carbonyl (C=O) groups excluding carboxylic acids is 1. The molecule has 0 N–H and O–H groups in total. The van der Waals surface area contributed by atoms with E-state index in [0.717, 1.165) is 0 Å². The first-order chi connectivity index (χ1) is 14.0. The lowest BCUT2D eigenvalue weighted by Crippen LogP contribution is -2.11. The van der Waals surface area contributed by atoms with Crippen LogP contribution in [0.1, 0.15) is 29.3 Å². The van der Waals surface area contributed by atoms with Crippen LogP contribution in [0, 0.1) is 5.82 Å². The molecule has 0 saturated heterocycles. The van der Waals surface area contributed by atoms with Crippen molar-refractivity contribution >= 4 is 5.97 Å². The summed E-state index contributed by atoms with van der Waals surface area (Å²) in [5.74, 6) is 0.102. The second kappa shape index (κ2) is 8.59. The number of hydrogen-bond donors (Lipinski definition) is 0. The summed E-state index contributed by atoms with van der Waals surface area (Å²) in [5, 5.41) is 7.81. The maximum absolute atomic E-state index is 13.1. The summed E-state index contributed by atoms with van der Waals surface area (Å²) in [6.45, 7) is 1.59. The summed E-state index contributed by atoms with van der Waals surface area (Å²) in [6.07, 6.45) is -0.831. The van der Waals surface area contributed by atoms with E-state index in [1.165, 1.54) is 51.7 Å². The van der Waals surface area contributed by atoms with Gasteiger partial charge in [0.1, 0.15) is 11.4 Å². The highest BCUT2D eigenvalue weighted by Crippen LogP contribution is 2.40. The molecule has 0 aliphatic rings. The molecule has 0 aliphatic carbocycles. The van der Waals surface area contributed by atoms with Crippen LogP contribution in [-0.4, -0.2) is 37.5 Å². The molecule has 0 aliphatic heterocycles. The van der Waals surface area contributed by atoms with Crippen LogP contribution in [0.2, 0.25) is 0 Å². The molecule has 1 atom stereocenters. The van der Waals surface area contributed by atoms with E-state index >= 15 is 0 Å².